The highest BCUT2D eigenvalue weighted by Gasteiger charge is 2.20. The van der Waals surface area contributed by atoms with Crippen LogP contribution < -0.4 is 0 Å². The normalized spacial score (nSPS) is 11.3. The van der Waals surface area contributed by atoms with E-state index in [0.29, 0.717) is 11.4 Å². The summed E-state index contributed by atoms with van der Waals surface area (Å²) in [7, 11) is 0. The van der Waals surface area contributed by atoms with Gasteiger partial charge in [-0.25, -0.2) is 14.4 Å². The van der Waals surface area contributed by atoms with Crippen LogP contribution in [-0.2, 0) is 0 Å². The number of halogens is 1. The Morgan fingerprint density at radius 2 is 1.74 bits per heavy atom. The van der Waals surface area contributed by atoms with Crippen molar-refractivity contribution in [2.24, 2.45) is 0 Å². The van der Waals surface area contributed by atoms with Crippen LogP contribution in [0.4, 0.5) is 4.39 Å². The van der Waals surface area contributed by atoms with E-state index in [4.69, 9.17) is 0 Å². The summed E-state index contributed by atoms with van der Waals surface area (Å²) in [6, 6.07) is 17.1. The molecule has 130 valence electrons. The lowest BCUT2D eigenvalue weighted by Gasteiger charge is -2.14. The number of fused-ring (bicyclic) bond motifs is 2. The molecule has 0 atom stereocenters. The van der Waals surface area contributed by atoms with Crippen LogP contribution in [0.2, 0.25) is 0 Å². The molecule has 0 radical (unpaired) electrons. The second-order valence-electron chi connectivity index (χ2n) is 6.43. The number of aromatic nitrogens is 4. The fourth-order valence-electron chi connectivity index (χ4n) is 3.47. The summed E-state index contributed by atoms with van der Waals surface area (Å²) < 4.78 is 17.6. The first kappa shape index (κ1) is 15.6. The number of imidazole rings is 1. The van der Waals surface area contributed by atoms with Gasteiger partial charge in [0.25, 0.3) is 0 Å². The van der Waals surface area contributed by atoms with Gasteiger partial charge in [0.2, 0.25) is 0 Å². The maximum absolute atomic E-state index is 15.8. The van der Waals surface area contributed by atoms with Gasteiger partial charge in [0.15, 0.2) is 5.82 Å². The van der Waals surface area contributed by atoms with Gasteiger partial charge in [0, 0.05) is 17.1 Å². The molecule has 0 aliphatic rings. The maximum atomic E-state index is 15.8. The molecule has 2 aromatic carbocycles. The summed E-state index contributed by atoms with van der Waals surface area (Å²) in [6.07, 6.45) is 5.00. The van der Waals surface area contributed by atoms with Gasteiger partial charge in [-0.05, 0) is 24.6 Å². The minimum absolute atomic E-state index is 0.345. The smallest absolute Gasteiger partial charge is 0.174 e. The molecule has 3 heterocycles. The van der Waals surface area contributed by atoms with Crippen LogP contribution in [-0.4, -0.2) is 19.5 Å². The number of para-hydroxylation sites is 1. The van der Waals surface area contributed by atoms with Gasteiger partial charge in [-0.1, -0.05) is 42.5 Å². The van der Waals surface area contributed by atoms with Gasteiger partial charge in [0.05, 0.1) is 22.9 Å². The Kier molecular flexibility index (Phi) is 3.47. The van der Waals surface area contributed by atoms with Crippen molar-refractivity contribution in [1.29, 1.82) is 0 Å². The van der Waals surface area contributed by atoms with Crippen molar-refractivity contribution in [2.75, 3.05) is 0 Å². The zero-order valence-corrected chi connectivity index (χ0v) is 14.6. The van der Waals surface area contributed by atoms with Gasteiger partial charge in [-0.2, -0.15) is 0 Å². The number of hydrogen-bond donors (Lipinski definition) is 0. The van der Waals surface area contributed by atoms with E-state index < -0.39 is 0 Å². The van der Waals surface area contributed by atoms with E-state index in [-0.39, 0.29) is 5.82 Å². The molecule has 0 unspecified atom stereocenters. The number of nitrogens with zero attached hydrogens (tertiary/aromatic N) is 4. The van der Waals surface area contributed by atoms with Crippen LogP contribution in [0.1, 0.15) is 5.56 Å². The van der Waals surface area contributed by atoms with Gasteiger partial charge < -0.3 is 0 Å². The predicted octanol–water partition coefficient (Wildman–Crippen LogP) is 5.08. The zero-order chi connectivity index (χ0) is 18.4. The standard InChI is InChI=1S/C22H15FN4/c1-14-6-2-3-7-15(14)21-20(23)22(16-8-4-5-9-17(16)26-21)27-13-25-18-12-24-11-10-19(18)27/h2-13H,1H3. The van der Waals surface area contributed by atoms with Gasteiger partial charge in [-0.3, -0.25) is 9.55 Å². The first-order chi connectivity index (χ1) is 13.2. The van der Waals surface area contributed by atoms with Crippen molar-refractivity contribution in [3.05, 3.63) is 84.7 Å². The number of rotatable bonds is 2. The predicted molar refractivity (Wildman–Crippen MR) is 104 cm³/mol. The van der Waals surface area contributed by atoms with E-state index in [1.165, 1.54) is 0 Å². The molecule has 0 N–H and O–H groups in total. The lowest BCUT2D eigenvalue weighted by molar-refractivity contribution is 0.620. The zero-order valence-electron chi connectivity index (χ0n) is 14.6. The number of benzene rings is 2. The highest BCUT2D eigenvalue weighted by molar-refractivity contribution is 5.92. The summed E-state index contributed by atoms with van der Waals surface area (Å²) in [4.78, 5) is 13.1. The molecule has 5 heteroatoms. The SMILES string of the molecule is Cc1ccccc1-c1nc2ccccc2c(-n2cnc3cnccc32)c1F. The Balaban J connectivity index is 1.92. The maximum Gasteiger partial charge on any atom is 0.174 e. The average molecular weight is 354 g/mol. The fraction of sp³-hybridized carbons (Fsp3) is 0.0455. The third-order valence-corrected chi connectivity index (χ3v) is 4.80. The van der Waals surface area contributed by atoms with Crippen molar-refractivity contribution < 1.29 is 4.39 Å². The summed E-state index contributed by atoms with van der Waals surface area (Å²) in [5.41, 5.74) is 4.82. The molecule has 5 aromatic rings. The van der Waals surface area contributed by atoms with Crippen molar-refractivity contribution >= 4 is 21.9 Å². The van der Waals surface area contributed by atoms with Crippen LogP contribution in [0.5, 0.6) is 0 Å². The Hall–Kier alpha value is -3.60. The Bertz CT molecular complexity index is 1310. The summed E-state index contributed by atoms with van der Waals surface area (Å²) in [6.45, 7) is 1.96. The molecule has 0 bridgehead atoms. The Morgan fingerprint density at radius 3 is 2.63 bits per heavy atom. The van der Waals surface area contributed by atoms with Gasteiger partial charge in [-0.15, -0.1) is 0 Å². The first-order valence-electron chi connectivity index (χ1n) is 8.66. The fourth-order valence-corrected chi connectivity index (χ4v) is 3.47. The van der Waals surface area contributed by atoms with Gasteiger partial charge in [0.1, 0.15) is 17.5 Å². The van der Waals surface area contributed by atoms with E-state index in [2.05, 4.69) is 15.0 Å². The minimum atomic E-state index is -0.362. The molecular formula is C22H15FN4. The van der Waals surface area contributed by atoms with Crippen molar-refractivity contribution in [3.8, 4) is 16.9 Å². The third kappa shape index (κ3) is 2.39. The summed E-state index contributed by atoms with van der Waals surface area (Å²) in [5, 5.41) is 0.739. The van der Waals surface area contributed by atoms with Crippen LogP contribution in [0, 0.1) is 12.7 Å². The van der Waals surface area contributed by atoms with Crippen LogP contribution in [0.25, 0.3) is 38.9 Å². The third-order valence-electron chi connectivity index (χ3n) is 4.80. The molecule has 0 aliphatic heterocycles. The molecule has 27 heavy (non-hydrogen) atoms. The molecule has 3 aromatic heterocycles. The number of pyridine rings is 2. The number of hydrogen-bond acceptors (Lipinski definition) is 3. The Morgan fingerprint density at radius 1 is 0.926 bits per heavy atom. The molecule has 0 fully saturated rings. The Labute approximate surface area is 155 Å². The van der Waals surface area contributed by atoms with E-state index in [9.17, 15) is 0 Å². The molecule has 0 saturated carbocycles. The molecule has 0 amide bonds. The molecule has 0 saturated heterocycles. The van der Waals surface area contributed by atoms with E-state index >= 15 is 4.39 Å². The monoisotopic (exact) mass is 354 g/mol. The second kappa shape index (κ2) is 5.99. The topological polar surface area (TPSA) is 43.6 Å². The summed E-state index contributed by atoms with van der Waals surface area (Å²) in [5.74, 6) is -0.362. The number of aryl methyl sites for hydroxylation is 1. The van der Waals surface area contributed by atoms with Gasteiger partial charge >= 0.3 is 0 Å². The molecule has 5 rings (SSSR count). The highest BCUT2D eigenvalue weighted by atomic mass is 19.1. The molecule has 0 aliphatic carbocycles. The van der Waals surface area contributed by atoms with E-state index in [1.54, 1.807) is 23.3 Å². The van der Waals surface area contributed by atoms with Crippen molar-refractivity contribution in [1.82, 2.24) is 19.5 Å². The van der Waals surface area contributed by atoms with Crippen LogP contribution in [0.15, 0.2) is 73.3 Å². The first-order valence-corrected chi connectivity index (χ1v) is 8.66. The average Bonchev–Trinajstić information content (AvgIpc) is 3.12. The van der Waals surface area contributed by atoms with Crippen molar-refractivity contribution in [2.45, 2.75) is 6.92 Å². The minimum Gasteiger partial charge on any atom is -0.295 e. The quantitative estimate of drug-likeness (QED) is 0.444. The van der Waals surface area contributed by atoms with Crippen LogP contribution >= 0.6 is 0 Å². The molecule has 0 spiro atoms. The lowest BCUT2D eigenvalue weighted by Crippen LogP contribution is -2.03. The van der Waals surface area contributed by atoms with E-state index in [0.717, 1.165) is 33.1 Å². The highest BCUT2D eigenvalue weighted by Crippen LogP contribution is 2.34. The summed E-state index contributed by atoms with van der Waals surface area (Å²) >= 11 is 0. The van der Waals surface area contributed by atoms with Crippen molar-refractivity contribution in [3.63, 3.8) is 0 Å². The largest absolute Gasteiger partial charge is 0.295 e. The van der Waals surface area contributed by atoms with E-state index in [1.807, 2.05) is 61.5 Å². The molecular weight excluding hydrogens is 339 g/mol. The lowest BCUT2D eigenvalue weighted by atomic mass is 10.0. The molecule has 4 nitrogen and oxygen atoms in total. The van der Waals surface area contributed by atoms with Crippen LogP contribution in [0.3, 0.4) is 0 Å². The second-order valence-corrected chi connectivity index (χ2v) is 6.43.